The second-order valence-electron chi connectivity index (χ2n) is 5.34. The van der Waals surface area contributed by atoms with Crippen LogP contribution in [0.2, 0.25) is 0 Å². The molecule has 0 radical (unpaired) electrons. The van der Waals surface area contributed by atoms with E-state index in [1.807, 2.05) is 54.6 Å². The van der Waals surface area contributed by atoms with Gasteiger partial charge in [-0.3, -0.25) is 0 Å². The lowest BCUT2D eigenvalue weighted by Crippen LogP contribution is -2.31. The van der Waals surface area contributed by atoms with Gasteiger partial charge in [0.25, 0.3) is 0 Å². The van der Waals surface area contributed by atoms with E-state index in [0.717, 1.165) is 30.2 Å². The normalized spacial score (nSPS) is 19.9. The first-order chi connectivity index (χ1) is 10.8. The van der Waals surface area contributed by atoms with E-state index >= 15 is 0 Å². The SMILES string of the molecule is COC1CNCC1Oc1cccc(OCc2ccccc2)c1.Cl. The number of ether oxygens (including phenoxy) is 3. The van der Waals surface area contributed by atoms with E-state index in [1.165, 1.54) is 0 Å². The van der Waals surface area contributed by atoms with Gasteiger partial charge < -0.3 is 19.5 Å². The van der Waals surface area contributed by atoms with Crippen molar-refractivity contribution in [1.29, 1.82) is 0 Å². The molecule has 1 aliphatic heterocycles. The van der Waals surface area contributed by atoms with Gasteiger partial charge >= 0.3 is 0 Å². The first-order valence-electron chi connectivity index (χ1n) is 7.52. The number of rotatable bonds is 6. The van der Waals surface area contributed by atoms with Crippen LogP contribution in [0.25, 0.3) is 0 Å². The van der Waals surface area contributed by atoms with E-state index in [4.69, 9.17) is 14.2 Å². The predicted octanol–water partition coefficient (Wildman–Crippen LogP) is 3.05. The standard InChI is InChI=1S/C18H21NO3.ClH/c1-20-17-11-19-12-18(17)22-16-9-5-8-15(10-16)21-13-14-6-3-2-4-7-14;/h2-10,17-19H,11-13H2,1H3;1H. The summed E-state index contributed by atoms with van der Waals surface area (Å²) in [7, 11) is 1.72. The molecule has 1 heterocycles. The molecule has 1 aliphatic rings. The molecule has 0 aromatic heterocycles. The Labute approximate surface area is 143 Å². The van der Waals surface area contributed by atoms with Crippen molar-refractivity contribution in [3.63, 3.8) is 0 Å². The van der Waals surface area contributed by atoms with Crippen LogP contribution >= 0.6 is 12.4 Å². The molecule has 2 aromatic carbocycles. The molecule has 5 heteroatoms. The summed E-state index contributed by atoms with van der Waals surface area (Å²) >= 11 is 0. The van der Waals surface area contributed by atoms with Crippen LogP contribution in [-0.4, -0.2) is 32.4 Å². The summed E-state index contributed by atoms with van der Waals surface area (Å²) in [5.41, 5.74) is 1.15. The molecule has 2 unspecified atom stereocenters. The summed E-state index contributed by atoms with van der Waals surface area (Å²) in [5.74, 6) is 1.61. The van der Waals surface area contributed by atoms with Crippen molar-refractivity contribution in [3.05, 3.63) is 60.2 Å². The number of halogens is 1. The fourth-order valence-corrected chi connectivity index (χ4v) is 2.54. The molecule has 4 nitrogen and oxygen atoms in total. The van der Waals surface area contributed by atoms with Crippen LogP contribution in [0.15, 0.2) is 54.6 Å². The average molecular weight is 336 g/mol. The summed E-state index contributed by atoms with van der Waals surface area (Å²) in [6.07, 6.45) is 0.128. The minimum Gasteiger partial charge on any atom is -0.489 e. The molecular formula is C18H22ClNO3. The van der Waals surface area contributed by atoms with Gasteiger partial charge in [0.2, 0.25) is 0 Å². The highest BCUT2D eigenvalue weighted by Crippen LogP contribution is 2.23. The first kappa shape index (κ1) is 17.6. The van der Waals surface area contributed by atoms with Crippen LogP contribution in [-0.2, 0) is 11.3 Å². The quantitative estimate of drug-likeness (QED) is 0.880. The number of methoxy groups -OCH3 is 1. The lowest BCUT2D eigenvalue weighted by atomic mass is 10.2. The van der Waals surface area contributed by atoms with Crippen LogP contribution in [0.5, 0.6) is 11.5 Å². The zero-order valence-electron chi connectivity index (χ0n) is 13.1. The molecule has 2 aromatic rings. The van der Waals surface area contributed by atoms with E-state index in [-0.39, 0.29) is 24.6 Å². The topological polar surface area (TPSA) is 39.7 Å². The molecule has 23 heavy (non-hydrogen) atoms. The van der Waals surface area contributed by atoms with Crippen LogP contribution in [0.1, 0.15) is 5.56 Å². The molecule has 3 rings (SSSR count). The largest absolute Gasteiger partial charge is 0.489 e. The summed E-state index contributed by atoms with van der Waals surface area (Å²) in [6.45, 7) is 2.18. The third-order valence-corrected chi connectivity index (χ3v) is 3.75. The monoisotopic (exact) mass is 335 g/mol. The molecule has 0 bridgehead atoms. The lowest BCUT2D eigenvalue weighted by Gasteiger charge is -2.19. The van der Waals surface area contributed by atoms with Crippen LogP contribution in [0.4, 0.5) is 0 Å². The highest BCUT2D eigenvalue weighted by atomic mass is 35.5. The first-order valence-corrected chi connectivity index (χ1v) is 7.52. The smallest absolute Gasteiger partial charge is 0.138 e. The van der Waals surface area contributed by atoms with Crippen molar-refractivity contribution in [2.75, 3.05) is 20.2 Å². The van der Waals surface area contributed by atoms with Gasteiger partial charge in [-0.1, -0.05) is 36.4 Å². The Hall–Kier alpha value is -1.75. The molecule has 124 valence electrons. The van der Waals surface area contributed by atoms with Crippen LogP contribution in [0.3, 0.4) is 0 Å². The maximum absolute atomic E-state index is 6.00. The van der Waals surface area contributed by atoms with E-state index in [0.29, 0.717) is 6.61 Å². The van der Waals surface area contributed by atoms with Gasteiger partial charge in [-0.15, -0.1) is 12.4 Å². The molecule has 1 saturated heterocycles. The summed E-state index contributed by atoms with van der Waals surface area (Å²) < 4.78 is 17.2. The second kappa shape index (κ2) is 8.77. The molecule has 1 fully saturated rings. The Morgan fingerprint density at radius 1 is 0.957 bits per heavy atom. The van der Waals surface area contributed by atoms with Crippen molar-refractivity contribution in [1.82, 2.24) is 5.32 Å². The third-order valence-electron chi connectivity index (χ3n) is 3.75. The van der Waals surface area contributed by atoms with Crippen molar-refractivity contribution in [3.8, 4) is 11.5 Å². The van der Waals surface area contributed by atoms with Crippen molar-refractivity contribution in [2.45, 2.75) is 18.8 Å². The molecule has 1 N–H and O–H groups in total. The molecule has 0 aliphatic carbocycles. The molecular weight excluding hydrogens is 314 g/mol. The van der Waals surface area contributed by atoms with Gasteiger partial charge in [-0.25, -0.2) is 0 Å². The highest BCUT2D eigenvalue weighted by Gasteiger charge is 2.28. The number of benzene rings is 2. The maximum Gasteiger partial charge on any atom is 0.138 e. The molecule has 0 amide bonds. The average Bonchev–Trinajstić information content (AvgIpc) is 3.01. The Balaban J connectivity index is 0.00000192. The fraction of sp³-hybridized carbons (Fsp3) is 0.333. The number of hydrogen-bond donors (Lipinski definition) is 1. The lowest BCUT2D eigenvalue weighted by molar-refractivity contribution is 0.0345. The Morgan fingerprint density at radius 3 is 2.48 bits per heavy atom. The van der Waals surface area contributed by atoms with Crippen LogP contribution < -0.4 is 14.8 Å². The summed E-state index contributed by atoms with van der Waals surface area (Å²) in [5, 5.41) is 3.27. The zero-order chi connectivity index (χ0) is 15.2. The Morgan fingerprint density at radius 2 is 1.70 bits per heavy atom. The molecule has 2 atom stereocenters. The molecule has 0 saturated carbocycles. The second-order valence-corrected chi connectivity index (χ2v) is 5.34. The highest BCUT2D eigenvalue weighted by molar-refractivity contribution is 5.85. The minimum absolute atomic E-state index is 0. The van der Waals surface area contributed by atoms with Gasteiger partial charge in [-0.2, -0.15) is 0 Å². The fourth-order valence-electron chi connectivity index (χ4n) is 2.54. The van der Waals surface area contributed by atoms with E-state index in [9.17, 15) is 0 Å². The van der Waals surface area contributed by atoms with Gasteiger partial charge in [-0.05, 0) is 17.7 Å². The van der Waals surface area contributed by atoms with E-state index < -0.39 is 0 Å². The van der Waals surface area contributed by atoms with E-state index in [1.54, 1.807) is 7.11 Å². The minimum atomic E-state index is 0. The Bertz CT molecular complexity index is 594. The van der Waals surface area contributed by atoms with Crippen LogP contribution in [0, 0.1) is 0 Å². The Kier molecular flexibility index (Phi) is 6.71. The van der Waals surface area contributed by atoms with Crippen molar-refractivity contribution < 1.29 is 14.2 Å². The van der Waals surface area contributed by atoms with Gasteiger partial charge in [0.15, 0.2) is 0 Å². The number of nitrogens with one attached hydrogen (secondary N) is 1. The predicted molar refractivity (Wildman–Crippen MR) is 92.5 cm³/mol. The van der Waals surface area contributed by atoms with Crippen molar-refractivity contribution in [2.24, 2.45) is 0 Å². The van der Waals surface area contributed by atoms with Gasteiger partial charge in [0, 0.05) is 26.3 Å². The van der Waals surface area contributed by atoms with Gasteiger partial charge in [0.1, 0.15) is 30.3 Å². The zero-order valence-corrected chi connectivity index (χ0v) is 13.9. The van der Waals surface area contributed by atoms with Gasteiger partial charge in [0.05, 0.1) is 0 Å². The summed E-state index contributed by atoms with van der Waals surface area (Å²) in [4.78, 5) is 0. The number of hydrogen-bond acceptors (Lipinski definition) is 4. The van der Waals surface area contributed by atoms with Crippen molar-refractivity contribution >= 4 is 12.4 Å². The third kappa shape index (κ3) is 4.86. The molecule has 0 spiro atoms. The summed E-state index contributed by atoms with van der Waals surface area (Å²) in [6, 6.07) is 17.9. The maximum atomic E-state index is 6.00. The van der Waals surface area contributed by atoms with E-state index in [2.05, 4.69) is 5.32 Å².